The van der Waals surface area contributed by atoms with Gasteiger partial charge in [0, 0.05) is 16.3 Å². The van der Waals surface area contributed by atoms with Gasteiger partial charge in [-0.2, -0.15) is 0 Å². The van der Waals surface area contributed by atoms with Crippen LogP contribution in [-0.2, 0) is 11.3 Å². The van der Waals surface area contributed by atoms with Crippen LogP contribution in [0.4, 0.5) is 0 Å². The topological polar surface area (TPSA) is 75.2 Å². The summed E-state index contributed by atoms with van der Waals surface area (Å²) < 4.78 is 3.83. The van der Waals surface area contributed by atoms with E-state index in [9.17, 15) is 9.59 Å². The molecule has 1 aliphatic rings. The largest absolute Gasteiger partial charge is 0.351 e. The Bertz CT molecular complexity index is 923. The number of hydrogen-bond acceptors (Lipinski definition) is 6. The van der Waals surface area contributed by atoms with Gasteiger partial charge in [0.05, 0.1) is 6.54 Å². The van der Waals surface area contributed by atoms with Gasteiger partial charge in [-0.3, -0.25) is 9.59 Å². The van der Waals surface area contributed by atoms with Crippen LogP contribution >= 0.6 is 22.9 Å². The van der Waals surface area contributed by atoms with Crippen molar-refractivity contribution in [1.29, 1.82) is 0 Å². The highest BCUT2D eigenvalue weighted by Crippen LogP contribution is 2.28. The first-order valence-electron chi connectivity index (χ1n) is 9.68. The number of hydrogen-bond donors (Lipinski definition) is 1. The molecule has 0 spiro atoms. The van der Waals surface area contributed by atoms with Gasteiger partial charge >= 0.3 is 0 Å². The molecule has 0 bridgehead atoms. The average molecular weight is 427 g/mol. The van der Waals surface area contributed by atoms with Crippen LogP contribution in [0.2, 0.25) is 0 Å². The number of rotatable bonds is 7. The molecule has 2 amide bonds. The molecular weight excluding hydrogens is 404 g/mol. The number of carbonyl (C=O) groups is 2. The van der Waals surface area contributed by atoms with E-state index in [2.05, 4.69) is 14.9 Å². The van der Waals surface area contributed by atoms with Crippen LogP contribution in [0.5, 0.6) is 0 Å². The molecule has 3 aromatic rings. The summed E-state index contributed by atoms with van der Waals surface area (Å²) in [7, 11) is 0. The van der Waals surface area contributed by atoms with E-state index in [1.807, 2.05) is 47.8 Å². The molecule has 150 valence electrons. The van der Waals surface area contributed by atoms with Crippen LogP contribution in [0, 0.1) is 0 Å². The van der Waals surface area contributed by atoms with Crippen molar-refractivity contribution in [3.8, 4) is 0 Å². The van der Waals surface area contributed by atoms with Gasteiger partial charge in [0.1, 0.15) is 6.04 Å². The van der Waals surface area contributed by atoms with E-state index in [0.717, 1.165) is 47.7 Å². The summed E-state index contributed by atoms with van der Waals surface area (Å²) >= 11 is 2.69. The zero-order valence-corrected chi connectivity index (χ0v) is 17.5. The van der Waals surface area contributed by atoms with Crippen molar-refractivity contribution in [2.75, 3.05) is 0 Å². The highest BCUT2D eigenvalue weighted by atomic mass is 32.1. The molecule has 1 aliphatic carbocycles. The minimum atomic E-state index is -0.729. The highest BCUT2D eigenvalue weighted by molar-refractivity contribution is 7.09. The van der Waals surface area contributed by atoms with Crippen LogP contribution in [0.15, 0.2) is 53.2 Å². The smallest absolute Gasteiger partial charge is 0.276 e. The van der Waals surface area contributed by atoms with Gasteiger partial charge in [0.15, 0.2) is 5.69 Å². The molecule has 1 fully saturated rings. The summed E-state index contributed by atoms with van der Waals surface area (Å²) in [4.78, 5) is 29.4. The van der Waals surface area contributed by atoms with Gasteiger partial charge in [0.25, 0.3) is 5.91 Å². The number of benzene rings is 1. The van der Waals surface area contributed by atoms with Crippen molar-refractivity contribution in [3.05, 3.63) is 69.4 Å². The minimum Gasteiger partial charge on any atom is -0.351 e. The summed E-state index contributed by atoms with van der Waals surface area (Å²) in [6.07, 6.45) is 4.23. The van der Waals surface area contributed by atoms with Crippen molar-refractivity contribution >= 4 is 34.7 Å². The molecule has 6 nitrogen and oxygen atoms in total. The SMILES string of the molecule is O=C(NC1CCCC1)C(c1ccccc1)N(Cc1cccs1)C(=O)c1csnn1. The number of thiophene rings is 1. The van der Waals surface area contributed by atoms with Gasteiger partial charge < -0.3 is 10.2 Å². The predicted molar refractivity (Wildman–Crippen MR) is 114 cm³/mol. The molecule has 2 heterocycles. The predicted octanol–water partition coefficient (Wildman–Crippen LogP) is 4.04. The molecule has 1 atom stereocenters. The zero-order valence-electron chi connectivity index (χ0n) is 15.9. The van der Waals surface area contributed by atoms with E-state index < -0.39 is 6.04 Å². The first-order valence-corrected chi connectivity index (χ1v) is 11.4. The first kappa shape index (κ1) is 19.7. The van der Waals surface area contributed by atoms with Crippen LogP contribution in [0.3, 0.4) is 0 Å². The number of nitrogens with zero attached hydrogens (tertiary/aromatic N) is 3. The fourth-order valence-corrected chi connectivity index (χ4v) is 4.85. The standard InChI is InChI=1S/C21H22N4O2S2/c26-20(22-16-9-4-5-10-16)19(15-7-2-1-3-8-15)25(13-17-11-6-12-28-17)21(27)18-14-29-24-23-18/h1-3,6-8,11-12,14,16,19H,4-5,9-10,13H2,(H,22,26). The second-order valence-electron chi connectivity index (χ2n) is 7.11. The molecule has 8 heteroatoms. The van der Waals surface area contributed by atoms with Gasteiger partial charge in [0.2, 0.25) is 5.91 Å². The molecular formula is C21H22N4O2S2. The Kier molecular flexibility index (Phi) is 6.31. The third-order valence-corrected chi connectivity index (χ3v) is 6.49. The van der Waals surface area contributed by atoms with Crippen molar-refractivity contribution < 1.29 is 9.59 Å². The first-order chi connectivity index (χ1) is 14.2. The maximum absolute atomic E-state index is 13.4. The van der Waals surface area contributed by atoms with Crippen molar-refractivity contribution in [3.63, 3.8) is 0 Å². The van der Waals surface area contributed by atoms with E-state index in [4.69, 9.17) is 0 Å². The van der Waals surface area contributed by atoms with Crippen molar-refractivity contribution in [1.82, 2.24) is 19.8 Å². The van der Waals surface area contributed by atoms with Crippen LogP contribution < -0.4 is 5.32 Å². The maximum atomic E-state index is 13.4. The number of amides is 2. The fraction of sp³-hybridized carbons (Fsp3) is 0.333. The second kappa shape index (κ2) is 9.28. The van der Waals surface area contributed by atoms with E-state index in [-0.39, 0.29) is 23.6 Å². The Morgan fingerprint density at radius 3 is 2.59 bits per heavy atom. The van der Waals surface area contributed by atoms with Gasteiger partial charge in [-0.05, 0) is 41.4 Å². The summed E-state index contributed by atoms with van der Waals surface area (Å²) in [5, 5.41) is 10.7. The third kappa shape index (κ3) is 4.71. The lowest BCUT2D eigenvalue weighted by Crippen LogP contribution is -2.45. The molecule has 1 N–H and O–H groups in total. The van der Waals surface area contributed by atoms with Gasteiger partial charge in [-0.25, -0.2) is 0 Å². The Balaban J connectivity index is 1.70. The van der Waals surface area contributed by atoms with Gasteiger partial charge in [-0.15, -0.1) is 16.4 Å². The lowest BCUT2D eigenvalue weighted by Gasteiger charge is -2.31. The lowest BCUT2D eigenvalue weighted by atomic mass is 10.0. The summed E-state index contributed by atoms with van der Waals surface area (Å²) in [6, 6.07) is 12.9. The van der Waals surface area contributed by atoms with E-state index in [1.54, 1.807) is 21.6 Å². The summed E-state index contributed by atoms with van der Waals surface area (Å²) in [5.74, 6) is -0.432. The Labute approximate surface area is 177 Å². The minimum absolute atomic E-state index is 0.142. The molecule has 0 saturated heterocycles. The molecule has 2 aromatic heterocycles. The van der Waals surface area contributed by atoms with Gasteiger partial charge in [-0.1, -0.05) is 53.7 Å². The number of carbonyl (C=O) groups excluding carboxylic acids is 2. The van der Waals surface area contributed by atoms with Crippen LogP contribution in [0.1, 0.15) is 52.7 Å². The molecule has 0 aliphatic heterocycles. The van der Waals surface area contributed by atoms with Crippen LogP contribution in [0.25, 0.3) is 0 Å². The molecule has 29 heavy (non-hydrogen) atoms. The molecule has 1 unspecified atom stereocenters. The number of nitrogens with one attached hydrogen (secondary N) is 1. The van der Waals surface area contributed by atoms with Crippen molar-refractivity contribution in [2.45, 2.75) is 44.3 Å². The Morgan fingerprint density at radius 1 is 1.14 bits per heavy atom. The van der Waals surface area contributed by atoms with E-state index >= 15 is 0 Å². The Hall–Kier alpha value is -2.58. The highest BCUT2D eigenvalue weighted by Gasteiger charge is 2.34. The third-order valence-electron chi connectivity index (χ3n) is 5.12. The maximum Gasteiger partial charge on any atom is 0.276 e. The summed E-state index contributed by atoms with van der Waals surface area (Å²) in [5.41, 5.74) is 1.05. The quantitative estimate of drug-likeness (QED) is 0.619. The molecule has 0 radical (unpaired) electrons. The normalized spacial score (nSPS) is 15.2. The zero-order chi connectivity index (χ0) is 20.1. The summed E-state index contributed by atoms with van der Waals surface area (Å²) in [6.45, 7) is 0.339. The molecule has 1 saturated carbocycles. The van der Waals surface area contributed by atoms with Crippen molar-refractivity contribution in [2.24, 2.45) is 0 Å². The molecule has 1 aromatic carbocycles. The van der Waals surface area contributed by atoms with E-state index in [1.165, 1.54) is 0 Å². The lowest BCUT2D eigenvalue weighted by molar-refractivity contribution is -0.126. The monoisotopic (exact) mass is 426 g/mol. The number of aromatic nitrogens is 2. The molecule has 4 rings (SSSR count). The second-order valence-corrected chi connectivity index (χ2v) is 8.75. The average Bonchev–Trinajstić information content (AvgIpc) is 3.51. The van der Waals surface area contributed by atoms with Crippen LogP contribution in [-0.4, -0.2) is 32.3 Å². The van der Waals surface area contributed by atoms with E-state index in [0.29, 0.717) is 6.54 Å². The fourth-order valence-electron chi connectivity index (χ4n) is 3.71. The Morgan fingerprint density at radius 2 is 1.93 bits per heavy atom.